The van der Waals surface area contributed by atoms with Crippen LogP contribution in [0.3, 0.4) is 0 Å². The Kier molecular flexibility index (Phi) is 7.23. The van der Waals surface area contributed by atoms with Crippen LogP contribution in [0.25, 0.3) is 5.52 Å². The first-order valence-electron chi connectivity index (χ1n) is 10.4. The standard InChI is InChI=1S/C22H30N4O2/c1-2-3-8-14-23-21(27)19-18-12-7-9-16-26(18)20(25-19)22(28)24-15-13-17-10-5-4-6-11-17/h7,9-10,12,16H,2-6,8,11,13-15H2,1H3,(H,23,27)(H,24,28). The molecule has 0 aliphatic heterocycles. The summed E-state index contributed by atoms with van der Waals surface area (Å²) in [4.78, 5) is 29.6. The molecule has 0 radical (unpaired) electrons. The molecule has 2 N–H and O–H groups in total. The van der Waals surface area contributed by atoms with Gasteiger partial charge in [-0.2, -0.15) is 0 Å². The molecule has 6 nitrogen and oxygen atoms in total. The summed E-state index contributed by atoms with van der Waals surface area (Å²) in [5.74, 6) is -0.221. The predicted octanol–water partition coefficient (Wildman–Crippen LogP) is 3.87. The molecule has 0 bridgehead atoms. The maximum atomic E-state index is 12.7. The average Bonchev–Trinajstić information content (AvgIpc) is 3.12. The Hall–Kier alpha value is -2.63. The molecule has 0 atom stereocenters. The number of hydrogen-bond acceptors (Lipinski definition) is 3. The molecule has 150 valence electrons. The molecular weight excluding hydrogens is 352 g/mol. The van der Waals surface area contributed by atoms with Crippen molar-refractivity contribution < 1.29 is 9.59 Å². The molecule has 6 heteroatoms. The van der Waals surface area contributed by atoms with Crippen LogP contribution in [0.4, 0.5) is 0 Å². The zero-order valence-electron chi connectivity index (χ0n) is 16.7. The van der Waals surface area contributed by atoms with E-state index in [9.17, 15) is 9.59 Å². The van der Waals surface area contributed by atoms with Gasteiger partial charge in [0.2, 0.25) is 5.82 Å². The highest BCUT2D eigenvalue weighted by Crippen LogP contribution is 2.19. The summed E-state index contributed by atoms with van der Waals surface area (Å²) in [6, 6.07) is 5.50. The number of rotatable bonds is 9. The Bertz CT molecular complexity index is 853. The monoisotopic (exact) mass is 382 g/mol. The molecule has 0 unspecified atom stereocenters. The zero-order valence-corrected chi connectivity index (χ0v) is 16.7. The van der Waals surface area contributed by atoms with Crippen molar-refractivity contribution in [3.63, 3.8) is 0 Å². The number of unbranched alkanes of at least 4 members (excludes halogenated alkanes) is 2. The van der Waals surface area contributed by atoms with Gasteiger partial charge < -0.3 is 10.6 Å². The van der Waals surface area contributed by atoms with Gasteiger partial charge >= 0.3 is 0 Å². The number of nitrogens with one attached hydrogen (secondary N) is 2. The van der Waals surface area contributed by atoms with Crippen LogP contribution >= 0.6 is 0 Å². The summed E-state index contributed by atoms with van der Waals surface area (Å²) >= 11 is 0. The first-order valence-corrected chi connectivity index (χ1v) is 10.4. The Morgan fingerprint density at radius 1 is 1.11 bits per heavy atom. The first kappa shape index (κ1) is 20.1. The lowest BCUT2D eigenvalue weighted by molar-refractivity contribution is 0.0943. The number of carbonyl (C=O) groups is 2. The largest absolute Gasteiger partial charge is 0.351 e. The number of amides is 2. The quantitative estimate of drug-likeness (QED) is 0.510. The number of carbonyl (C=O) groups excluding carboxylic acids is 2. The van der Waals surface area contributed by atoms with Gasteiger partial charge in [-0.3, -0.25) is 14.0 Å². The van der Waals surface area contributed by atoms with Gasteiger partial charge in [-0.05, 0) is 50.7 Å². The second kappa shape index (κ2) is 10.1. The summed E-state index contributed by atoms with van der Waals surface area (Å²) in [6.07, 6.45) is 12.8. The number of pyridine rings is 1. The molecule has 3 rings (SSSR count). The number of allylic oxidation sites excluding steroid dienone is 1. The van der Waals surface area contributed by atoms with Gasteiger partial charge in [0.25, 0.3) is 11.8 Å². The van der Waals surface area contributed by atoms with Crippen LogP contribution in [0.15, 0.2) is 36.0 Å². The molecule has 2 amide bonds. The van der Waals surface area contributed by atoms with E-state index in [0.717, 1.165) is 38.5 Å². The summed E-state index contributed by atoms with van der Waals surface area (Å²) in [7, 11) is 0. The van der Waals surface area contributed by atoms with E-state index in [4.69, 9.17) is 0 Å². The van der Waals surface area contributed by atoms with Crippen LogP contribution in [0.5, 0.6) is 0 Å². The van der Waals surface area contributed by atoms with Crippen molar-refractivity contribution in [1.29, 1.82) is 0 Å². The van der Waals surface area contributed by atoms with E-state index >= 15 is 0 Å². The van der Waals surface area contributed by atoms with E-state index in [1.165, 1.54) is 18.4 Å². The third-order valence-corrected chi connectivity index (χ3v) is 5.15. The minimum Gasteiger partial charge on any atom is -0.351 e. The Morgan fingerprint density at radius 3 is 2.75 bits per heavy atom. The van der Waals surface area contributed by atoms with Crippen molar-refractivity contribution in [3.05, 3.63) is 47.6 Å². The van der Waals surface area contributed by atoms with Crippen LogP contribution < -0.4 is 10.6 Å². The molecule has 0 fully saturated rings. The number of fused-ring (bicyclic) bond motifs is 1. The SMILES string of the molecule is CCCCCNC(=O)c1nc(C(=O)NCCC2=CCCCC2)n2ccccc12. The molecule has 1 aliphatic carbocycles. The topological polar surface area (TPSA) is 75.5 Å². The van der Waals surface area contributed by atoms with Gasteiger partial charge in [0.05, 0.1) is 5.52 Å². The van der Waals surface area contributed by atoms with Crippen LogP contribution in [-0.2, 0) is 0 Å². The molecule has 1 aliphatic rings. The fourth-order valence-electron chi connectivity index (χ4n) is 3.57. The first-order chi connectivity index (χ1) is 13.7. The van der Waals surface area contributed by atoms with Gasteiger partial charge in [0, 0.05) is 19.3 Å². The highest BCUT2D eigenvalue weighted by Gasteiger charge is 2.21. The number of imidazole rings is 1. The second-order valence-corrected chi connectivity index (χ2v) is 7.32. The van der Waals surface area contributed by atoms with E-state index in [1.54, 1.807) is 10.6 Å². The van der Waals surface area contributed by atoms with Crippen molar-refractivity contribution in [2.45, 2.75) is 58.3 Å². The molecule has 0 aromatic carbocycles. The lowest BCUT2D eigenvalue weighted by Crippen LogP contribution is -2.27. The van der Waals surface area contributed by atoms with Gasteiger partial charge in [-0.25, -0.2) is 4.98 Å². The smallest absolute Gasteiger partial charge is 0.287 e. The van der Waals surface area contributed by atoms with Crippen LogP contribution in [0.1, 0.15) is 79.4 Å². The van der Waals surface area contributed by atoms with Crippen molar-refractivity contribution >= 4 is 17.3 Å². The van der Waals surface area contributed by atoms with Gasteiger partial charge in [-0.1, -0.05) is 37.5 Å². The zero-order chi connectivity index (χ0) is 19.8. The fourth-order valence-corrected chi connectivity index (χ4v) is 3.57. The minimum atomic E-state index is -0.248. The lowest BCUT2D eigenvalue weighted by Gasteiger charge is -2.12. The second-order valence-electron chi connectivity index (χ2n) is 7.32. The third kappa shape index (κ3) is 5.00. The van der Waals surface area contributed by atoms with Crippen molar-refractivity contribution in [3.8, 4) is 0 Å². The normalized spacial score (nSPS) is 14.0. The maximum Gasteiger partial charge on any atom is 0.287 e. The van der Waals surface area contributed by atoms with E-state index in [0.29, 0.717) is 24.3 Å². The van der Waals surface area contributed by atoms with E-state index in [2.05, 4.69) is 28.6 Å². The number of nitrogens with zero attached hydrogens (tertiary/aromatic N) is 2. The van der Waals surface area contributed by atoms with Crippen LogP contribution in [-0.4, -0.2) is 34.3 Å². The highest BCUT2D eigenvalue weighted by atomic mass is 16.2. The van der Waals surface area contributed by atoms with Crippen molar-refractivity contribution in [1.82, 2.24) is 20.0 Å². The van der Waals surface area contributed by atoms with E-state index in [-0.39, 0.29) is 17.6 Å². The van der Waals surface area contributed by atoms with Gasteiger partial charge in [-0.15, -0.1) is 0 Å². The lowest BCUT2D eigenvalue weighted by atomic mass is 9.97. The number of aromatic nitrogens is 2. The van der Waals surface area contributed by atoms with Gasteiger partial charge in [0.15, 0.2) is 5.69 Å². The summed E-state index contributed by atoms with van der Waals surface area (Å²) in [6.45, 7) is 3.33. The Morgan fingerprint density at radius 2 is 1.96 bits per heavy atom. The summed E-state index contributed by atoms with van der Waals surface area (Å²) in [5, 5.41) is 5.87. The Balaban J connectivity index is 1.67. The number of hydrogen-bond donors (Lipinski definition) is 2. The molecule has 0 spiro atoms. The molecular formula is C22H30N4O2. The summed E-state index contributed by atoms with van der Waals surface area (Å²) in [5.41, 5.74) is 2.37. The minimum absolute atomic E-state index is 0.230. The van der Waals surface area contributed by atoms with E-state index < -0.39 is 0 Å². The molecule has 0 saturated heterocycles. The van der Waals surface area contributed by atoms with Crippen LogP contribution in [0, 0.1) is 0 Å². The maximum absolute atomic E-state index is 12.7. The molecule has 28 heavy (non-hydrogen) atoms. The van der Waals surface area contributed by atoms with Crippen molar-refractivity contribution in [2.75, 3.05) is 13.1 Å². The summed E-state index contributed by atoms with van der Waals surface area (Å²) < 4.78 is 1.69. The van der Waals surface area contributed by atoms with Crippen LogP contribution in [0.2, 0.25) is 0 Å². The average molecular weight is 383 g/mol. The Labute approximate surface area is 166 Å². The molecule has 2 aromatic heterocycles. The molecule has 0 saturated carbocycles. The predicted molar refractivity (Wildman–Crippen MR) is 111 cm³/mol. The van der Waals surface area contributed by atoms with Crippen molar-refractivity contribution in [2.24, 2.45) is 0 Å². The fraction of sp³-hybridized carbons (Fsp3) is 0.500. The van der Waals surface area contributed by atoms with E-state index in [1.807, 2.05) is 18.2 Å². The molecule has 2 heterocycles. The highest BCUT2D eigenvalue weighted by molar-refractivity contribution is 6.02. The third-order valence-electron chi connectivity index (χ3n) is 5.15. The van der Waals surface area contributed by atoms with Gasteiger partial charge in [0.1, 0.15) is 0 Å². The molecule has 2 aromatic rings.